The molecular weight excluding hydrogens is 410 g/mol. The number of fused-ring (bicyclic) bond motifs is 4. The number of aliphatic carboxylic acids is 1. The van der Waals surface area contributed by atoms with Crippen LogP contribution in [0.15, 0.2) is 48.5 Å². The number of aryl methyl sites for hydroxylation is 1. The predicted octanol–water partition coefficient (Wildman–Crippen LogP) is -0.580. The molecule has 3 N–H and O–H groups in total. The topological polar surface area (TPSA) is 123 Å². The van der Waals surface area contributed by atoms with E-state index in [9.17, 15) is 24.3 Å². The highest BCUT2D eigenvalue weighted by Gasteiger charge is 2.74. The molecule has 3 aliphatic heterocycles. The second-order valence-electron chi connectivity index (χ2n) is 8.87. The second kappa shape index (κ2) is 7.27. The molecule has 0 radical (unpaired) electrons. The Morgan fingerprint density at radius 1 is 1.12 bits per heavy atom. The molecular formula is C24H23N3O5. The Hall–Kier alpha value is -3.52. The first kappa shape index (κ1) is 20.4. The first-order valence-corrected chi connectivity index (χ1v) is 10.7. The number of hydrogen-bond acceptors (Lipinski definition) is 5. The molecule has 5 rings (SSSR count). The maximum absolute atomic E-state index is 13.7. The van der Waals surface area contributed by atoms with Crippen LogP contribution in [-0.2, 0) is 31.3 Å². The zero-order chi connectivity index (χ0) is 22.6. The van der Waals surface area contributed by atoms with Crippen LogP contribution in [0.3, 0.4) is 0 Å². The lowest BCUT2D eigenvalue weighted by atomic mass is 9.76. The van der Waals surface area contributed by atoms with Gasteiger partial charge in [0.2, 0.25) is 17.4 Å². The molecule has 0 aromatic heterocycles. The molecule has 2 fully saturated rings. The molecule has 0 aliphatic carbocycles. The van der Waals surface area contributed by atoms with Gasteiger partial charge in [-0.3, -0.25) is 19.3 Å². The van der Waals surface area contributed by atoms with Crippen LogP contribution in [0, 0.1) is 18.8 Å². The molecule has 8 heteroatoms. The largest absolute Gasteiger partial charge is 0.550 e. The summed E-state index contributed by atoms with van der Waals surface area (Å²) in [6, 6.07) is 14.2. The number of nitrogens with one attached hydrogen (secondary N) is 1. The van der Waals surface area contributed by atoms with Crippen LogP contribution in [0.1, 0.15) is 29.5 Å². The average molecular weight is 433 g/mol. The molecule has 2 aromatic carbocycles. The third kappa shape index (κ3) is 2.86. The fraction of sp³-hybridized carbons (Fsp3) is 0.333. The van der Waals surface area contributed by atoms with Gasteiger partial charge in [-0.1, -0.05) is 42.0 Å². The van der Waals surface area contributed by atoms with Crippen molar-refractivity contribution in [1.29, 1.82) is 0 Å². The number of benzene rings is 2. The van der Waals surface area contributed by atoms with Gasteiger partial charge in [0.15, 0.2) is 0 Å². The number of likely N-dealkylation sites (tertiary alicyclic amines) is 1. The number of carbonyl (C=O) groups excluding carboxylic acids is 4. The minimum atomic E-state index is -1.29. The SMILES string of the molecule is Cc1ccc2c(c1)[C@@]1([NH2+][C@H](CCC(=O)[O-])[C@H]3C(=O)N(Cc4ccccc4)C(=O)[C@H]31)C(=O)N2. The molecule has 164 valence electrons. The van der Waals surface area contributed by atoms with Crippen molar-refractivity contribution in [3.63, 3.8) is 0 Å². The van der Waals surface area contributed by atoms with Crippen LogP contribution in [0.5, 0.6) is 0 Å². The van der Waals surface area contributed by atoms with E-state index in [4.69, 9.17) is 0 Å². The van der Waals surface area contributed by atoms with Crippen molar-refractivity contribution in [2.45, 2.75) is 37.9 Å². The van der Waals surface area contributed by atoms with Crippen molar-refractivity contribution in [2.24, 2.45) is 11.8 Å². The van der Waals surface area contributed by atoms with Gasteiger partial charge in [-0.25, -0.2) is 0 Å². The van der Waals surface area contributed by atoms with E-state index in [0.29, 0.717) is 11.3 Å². The molecule has 3 heterocycles. The van der Waals surface area contributed by atoms with Crippen molar-refractivity contribution in [3.05, 3.63) is 65.2 Å². The molecule has 1 spiro atoms. The first-order chi connectivity index (χ1) is 15.3. The van der Waals surface area contributed by atoms with E-state index in [1.165, 1.54) is 4.90 Å². The maximum atomic E-state index is 13.7. The van der Waals surface area contributed by atoms with Gasteiger partial charge >= 0.3 is 0 Å². The molecule has 0 saturated carbocycles. The fourth-order valence-corrected chi connectivity index (χ4v) is 5.61. The van der Waals surface area contributed by atoms with Gasteiger partial charge in [-0.15, -0.1) is 0 Å². The van der Waals surface area contributed by atoms with Gasteiger partial charge in [-0.05, 0) is 31.0 Å². The highest BCUT2D eigenvalue weighted by Crippen LogP contribution is 2.49. The van der Waals surface area contributed by atoms with Gasteiger partial charge in [-0.2, -0.15) is 0 Å². The van der Waals surface area contributed by atoms with E-state index in [2.05, 4.69) is 5.32 Å². The number of quaternary nitrogens is 1. The van der Waals surface area contributed by atoms with Gasteiger partial charge in [0.25, 0.3) is 5.91 Å². The van der Waals surface area contributed by atoms with Crippen LogP contribution in [0.25, 0.3) is 0 Å². The van der Waals surface area contributed by atoms with E-state index >= 15 is 0 Å². The lowest BCUT2D eigenvalue weighted by Crippen LogP contribution is -2.99. The van der Waals surface area contributed by atoms with Gasteiger partial charge in [0, 0.05) is 18.0 Å². The number of carboxylic acids is 1. The van der Waals surface area contributed by atoms with Crippen molar-refractivity contribution >= 4 is 29.4 Å². The summed E-state index contributed by atoms with van der Waals surface area (Å²) in [4.78, 5) is 52.9. The van der Waals surface area contributed by atoms with Crippen LogP contribution in [-0.4, -0.2) is 34.6 Å². The average Bonchev–Trinajstić information content (AvgIpc) is 3.34. The Kier molecular flexibility index (Phi) is 4.63. The van der Waals surface area contributed by atoms with Crippen molar-refractivity contribution in [2.75, 3.05) is 5.32 Å². The number of hydrogen-bond donors (Lipinski definition) is 2. The fourth-order valence-electron chi connectivity index (χ4n) is 5.61. The first-order valence-electron chi connectivity index (χ1n) is 10.7. The third-order valence-corrected chi connectivity index (χ3v) is 6.98. The Balaban J connectivity index is 1.59. The zero-order valence-corrected chi connectivity index (χ0v) is 17.5. The molecule has 0 bridgehead atoms. The Bertz CT molecular complexity index is 1150. The maximum Gasteiger partial charge on any atom is 0.291 e. The number of carboxylic acid groups (broad SMARTS) is 1. The molecule has 2 aromatic rings. The summed E-state index contributed by atoms with van der Waals surface area (Å²) in [6.07, 6.45) is -0.110. The summed E-state index contributed by atoms with van der Waals surface area (Å²) in [7, 11) is 0. The number of nitrogens with two attached hydrogens (primary N) is 1. The lowest BCUT2D eigenvalue weighted by Gasteiger charge is -2.26. The second-order valence-corrected chi connectivity index (χ2v) is 8.87. The molecule has 3 aliphatic rings. The number of anilines is 1. The normalized spacial score (nSPS) is 28.2. The standard InChI is InChI=1S/C24H23N3O5/c1-13-7-8-16-15(11-13)24(23(32)25-16)20-19(17(26-24)9-10-18(28)29)21(30)27(22(20)31)12-14-5-3-2-4-6-14/h2-8,11,17,19-20,26H,9-10,12H2,1H3,(H,25,32)(H,28,29)/t17-,19-,20+,24+/m1/s1. The molecule has 4 atom stereocenters. The number of imide groups is 1. The minimum Gasteiger partial charge on any atom is -0.550 e. The zero-order valence-electron chi connectivity index (χ0n) is 17.5. The molecule has 8 nitrogen and oxygen atoms in total. The monoisotopic (exact) mass is 433 g/mol. The summed E-state index contributed by atoms with van der Waals surface area (Å²) in [5, 5.41) is 15.8. The summed E-state index contributed by atoms with van der Waals surface area (Å²) in [5.74, 6) is -3.97. The smallest absolute Gasteiger partial charge is 0.291 e. The molecule has 3 amide bonds. The lowest BCUT2D eigenvalue weighted by molar-refractivity contribution is -0.734. The van der Waals surface area contributed by atoms with Crippen molar-refractivity contribution in [3.8, 4) is 0 Å². The number of nitrogens with zero attached hydrogens (tertiary/aromatic N) is 1. The Morgan fingerprint density at radius 3 is 2.59 bits per heavy atom. The molecule has 0 unspecified atom stereocenters. The van der Waals surface area contributed by atoms with Crippen LogP contribution < -0.4 is 15.7 Å². The Labute approximate surface area is 184 Å². The van der Waals surface area contributed by atoms with E-state index in [0.717, 1.165) is 11.1 Å². The van der Waals surface area contributed by atoms with Crippen molar-refractivity contribution in [1.82, 2.24) is 4.90 Å². The van der Waals surface area contributed by atoms with Gasteiger partial charge in [0.05, 0.1) is 12.2 Å². The van der Waals surface area contributed by atoms with E-state index in [1.807, 2.05) is 49.4 Å². The van der Waals surface area contributed by atoms with Gasteiger partial charge < -0.3 is 20.5 Å². The summed E-state index contributed by atoms with van der Waals surface area (Å²) in [5.41, 5.74) is 1.75. The van der Waals surface area contributed by atoms with Crippen molar-refractivity contribution < 1.29 is 29.6 Å². The number of amides is 3. The van der Waals surface area contributed by atoms with Crippen LogP contribution >= 0.6 is 0 Å². The molecule has 2 saturated heterocycles. The highest BCUT2D eigenvalue weighted by atomic mass is 16.4. The summed E-state index contributed by atoms with van der Waals surface area (Å²) in [6.45, 7) is 2.03. The van der Waals surface area contributed by atoms with E-state index in [-0.39, 0.29) is 37.1 Å². The third-order valence-electron chi connectivity index (χ3n) is 6.98. The highest BCUT2D eigenvalue weighted by molar-refractivity contribution is 6.13. The van der Waals surface area contributed by atoms with Crippen LogP contribution in [0.2, 0.25) is 0 Å². The Morgan fingerprint density at radius 2 is 1.88 bits per heavy atom. The molecule has 32 heavy (non-hydrogen) atoms. The summed E-state index contributed by atoms with van der Waals surface area (Å²) >= 11 is 0. The number of rotatable bonds is 5. The minimum absolute atomic E-state index is 0.122. The number of carbonyl (C=O) groups is 4. The quantitative estimate of drug-likeness (QED) is 0.611. The van der Waals surface area contributed by atoms with Gasteiger partial charge in [0.1, 0.15) is 17.9 Å². The summed E-state index contributed by atoms with van der Waals surface area (Å²) < 4.78 is 0. The van der Waals surface area contributed by atoms with E-state index in [1.54, 1.807) is 11.4 Å². The van der Waals surface area contributed by atoms with E-state index < -0.39 is 29.4 Å². The van der Waals surface area contributed by atoms with Crippen LogP contribution in [0.4, 0.5) is 5.69 Å². The predicted molar refractivity (Wildman–Crippen MR) is 110 cm³/mol.